The minimum absolute atomic E-state index is 0.0875. The van der Waals surface area contributed by atoms with Crippen LogP contribution in [0.5, 0.6) is 0 Å². The average molecular weight is 333 g/mol. The van der Waals surface area contributed by atoms with Crippen LogP contribution in [0.1, 0.15) is 30.9 Å². The zero-order valence-corrected chi connectivity index (χ0v) is 13.6. The first kappa shape index (κ1) is 18.1. The molecule has 128 valence electrons. The van der Waals surface area contributed by atoms with Crippen LogP contribution in [0.2, 0.25) is 0 Å². The average Bonchev–Trinajstić information content (AvgIpc) is 2.57. The molecule has 2 aromatic carbocycles. The lowest BCUT2D eigenvalue weighted by Gasteiger charge is -2.24. The molecule has 0 bridgehead atoms. The minimum atomic E-state index is -1.16. The summed E-state index contributed by atoms with van der Waals surface area (Å²) >= 11 is 0. The number of carbonyl (C=O) groups excluding carboxylic acids is 1. The number of carbonyl (C=O) groups is 1. The summed E-state index contributed by atoms with van der Waals surface area (Å²) in [4.78, 5) is 11.9. The Morgan fingerprint density at radius 2 is 1.88 bits per heavy atom. The van der Waals surface area contributed by atoms with Gasteiger partial charge in [-0.3, -0.25) is 4.79 Å². The summed E-state index contributed by atoms with van der Waals surface area (Å²) in [5, 5.41) is 13.1. The quantitative estimate of drug-likeness (QED) is 0.817. The van der Waals surface area contributed by atoms with Crippen LogP contribution in [0.3, 0.4) is 0 Å². The molecule has 5 heteroatoms. The van der Waals surface area contributed by atoms with Crippen LogP contribution >= 0.6 is 0 Å². The fourth-order valence-electron chi connectivity index (χ4n) is 2.43. The molecule has 0 heterocycles. The number of aliphatic hydroxyl groups is 1. The van der Waals surface area contributed by atoms with Crippen molar-refractivity contribution in [2.75, 3.05) is 6.54 Å². The highest BCUT2D eigenvalue weighted by Gasteiger charge is 2.23. The van der Waals surface area contributed by atoms with Gasteiger partial charge in [-0.25, -0.2) is 8.78 Å². The van der Waals surface area contributed by atoms with Gasteiger partial charge >= 0.3 is 0 Å². The molecule has 1 amide bonds. The smallest absolute Gasteiger partial charge is 0.220 e. The Kier molecular flexibility index (Phi) is 6.04. The van der Waals surface area contributed by atoms with Gasteiger partial charge in [0.1, 0.15) is 17.2 Å². The SMILES string of the molecule is CC(O)(CNC(=O)CCCc1cc(F)ccc1F)c1ccccc1. The van der Waals surface area contributed by atoms with Gasteiger partial charge in [0.25, 0.3) is 0 Å². The van der Waals surface area contributed by atoms with Gasteiger partial charge in [0.05, 0.1) is 6.54 Å². The first-order valence-corrected chi connectivity index (χ1v) is 7.87. The van der Waals surface area contributed by atoms with Crippen LogP contribution < -0.4 is 5.32 Å². The molecule has 2 N–H and O–H groups in total. The first-order valence-electron chi connectivity index (χ1n) is 7.87. The van der Waals surface area contributed by atoms with E-state index in [9.17, 15) is 18.7 Å². The van der Waals surface area contributed by atoms with E-state index in [1.165, 1.54) is 0 Å². The van der Waals surface area contributed by atoms with Gasteiger partial charge in [0.15, 0.2) is 0 Å². The summed E-state index contributed by atoms with van der Waals surface area (Å²) in [6, 6.07) is 12.4. The Bertz CT molecular complexity index is 687. The summed E-state index contributed by atoms with van der Waals surface area (Å²) in [6.45, 7) is 1.72. The van der Waals surface area contributed by atoms with Crippen molar-refractivity contribution < 1.29 is 18.7 Å². The Hall–Kier alpha value is -2.27. The maximum absolute atomic E-state index is 13.5. The van der Waals surface area contributed by atoms with E-state index >= 15 is 0 Å². The molecule has 2 rings (SSSR count). The monoisotopic (exact) mass is 333 g/mol. The lowest BCUT2D eigenvalue weighted by atomic mass is 9.96. The van der Waals surface area contributed by atoms with Crippen molar-refractivity contribution in [3.63, 3.8) is 0 Å². The molecule has 0 radical (unpaired) electrons. The zero-order valence-electron chi connectivity index (χ0n) is 13.6. The summed E-state index contributed by atoms with van der Waals surface area (Å²) in [5.41, 5.74) is -0.183. The number of hydrogen-bond donors (Lipinski definition) is 2. The van der Waals surface area contributed by atoms with E-state index in [0.717, 1.165) is 18.2 Å². The lowest BCUT2D eigenvalue weighted by Crippen LogP contribution is -2.38. The fourth-order valence-corrected chi connectivity index (χ4v) is 2.43. The van der Waals surface area contributed by atoms with Gasteiger partial charge in [-0.2, -0.15) is 0 Å². The Morgan fingerprint density at radius 1 is 1.17 bits per heavy atom. The van der Waals surface area contributed by atoms with E-state index in [0.29, 0.717) is 12.0 Å². The summed E-state index contributed by atoms with van der Waals surface area (Å²) in [6.07, 6.45) is 0.868. The molecule has 1 unspecified atom stereocenters. The third-order valence-corrected chi connectivity index (χ3v) is 3.88. The fraction of sp³-hybridized carbons (Fsp3) is 0.316. The van der Waals surface area contributed by atoms with Gasteiger partial charge in [-0.1, -0.05) is 30.3 Å². The number of amides is 1. The number of hydrogen-bond acceptors (Lipinski definition) is 2. The minimum Gasteiger partial charge on any atom is -0.384 e. The topological polar surface area (TPSA) is 49.3 Å². The third-order valence-electron chi connectivity index (χ3n) is 3.88. The van der Waals surface area contributed by atoms with Gasteiger partial charge in [0.2, 0.25) is 5.91 Å². The van der Waals surface area contributed by atoms with Gasteiger partial charge in [-0.05, 0) is 49.1 Å². The van der Waals surface area contributed by atoms with Gasteiger partial charge in [-0.15, -0.1) is 0 Å². The first-order chi connectivity index (χ1) is 11.4. The maximum atomic E-state index is 13.5. The predicted octanol–water partition coefficient (Wildman–Crippen LogP) is 3.31. The second-order valence-corrected chi connectivity index (χ2v) is 6.01. The van der Waals surface area contributed by atoms with Crippen molar-refractivity contribution in [2.24, 2.45) is 0 Å². The van der Waals surface area contributed by atoms with Gasteiger partial charge in [0, 0.05) is 6.42 Å². The second kappa shape index (κ2) is 8.02. The molecule has 0 spiro atoms. The van der Waals surface area contributed by atoms with E-state index in [1.807, 2.05) is 18.2 Å². The molecule has 0 aliphatic heterocycles. The number of rotatable bonds is 7. The largest absolute Gasteiger partial charge is 0.384 e. The van der Waals surface area contributed by atoms with Crippen LogP contribution in [0.4, 0.5) is 8.78 Å². The lowest BCUT2D eigenvalue weighted by molar-refractivity contribution is -0.122. The van der Waals surface area contributed by atoms with E-state index in [-0.39, 0.29) is 30.9 Å². The van der Waals surface area contributed by atoms with Crippen molar-refractivity contribution in [3.05, 3.63) is 71.3 Å². The maximum Gasteiger partial charge on any atom is 0.220 e. The predicted molar refractivity (Wildman–Crippen MR) is 88.3 cm³/mol. The Morgan fingerprint density at radius 3 is 2.58 bits per heavy atom. The van der Waals surface area contributed by atoms with E-state index in [1.54, 1.807) is 19.1 Å². The zero-order chi connectivity index (χ0) is 17.6. The van der Waals surface area contributed by atoms with Crippen molar-refractivity contribution in [2.45, 2.75) is 31.8 Å². The second-order valence-electron chi connectivity index (χ2n) is 6.01. The van der Waals surface area contributed by atoms with E-state index in [4.69, 9.17) is 0 Å². The third kappa shape index (κ3) is 5.13. The van der Waals surface area contributed by atoms with Crippen LogP contribution in [0, 0.1) is 11.6 Å². The van der Waals surface area contributed by atoms with Crippen molar-refractivity contribution in [3.8, 4) is 0 Å². The molecule has 0 aliphatic rings. The van der Waals surface area contributed by atoms with Crippen LogP contribution in [0.15, 0.2) is 48.5 Å². The summed E-state index contributed by atoms with van der Waals surface area (Å²) < 4.78 is 26.6. The van der Waals surface area contributed by atoms with E-state index < -0.39 is 17.2 Å². The van der Waals surface area contributed by atoms with Crippen molar-refractivity contribution in [1.82, 2.24) is 5.32 Å². The van der Waals surface area contributed by atoms with Crippen LogP contribution in [0.25, 0.3) is 0 Å². The highest BCUT2D eigenvalue weighted by Crippen LogP contribution is 2.19. The van der Waals surface area contributed by atoms with Crippen LogP contribution in [-0.2, 0) is 16.8 Å². The molecule has 2 aromatic rings. The molecule has 0 fully saturated rings. The molecule has 0 saturated carbocycles. The molecule has 0 aromatic heterocycles. The number of halogens is 2. The van der Waals surface area contributed by atoms with Gasteiger partial charge < -0.3 is 10.4 Å². The molecule has 3 nitrogen and oxygen atoms in total. The number of aryl methyl sites for hydroxylation is 1. The highest BCUT2D eigenvalue weighted by atomic mass is 19.1. The van der Waals surface area contributed by atoms with Crippen molar-refractivity contribution in [1.29, 1.82) is 0 Å². The molecule has 0 saturated heterocycles. The molecule has 24 heavy (non-hydrogen) atoms. The Labute approximate surface area is 140 Å². The van der Waals surface area contributed by atoms with Crippen LogP contribution in [-0.4, -0.2) is 17.6 Å². The normalized spacial score (nSPS) is 13.3. The summed E-state index contributed by atoms with van der Waals surface area (Å²) in [7, 11) is 0. The number of benzene rings is 2. The summed E-state index contributed by atoms with van der Waals surface area (Å²) in [5.74, 6) is -1.19. The highest BCUT2D eigenvalue weighted by molar-refractivity contribution is 5.75. The molecular weight excluding hydrogens is 312 g/mol. The molecule has 1 atom stereocenters. The Balaban J connectivity index is 1.78. The molecule has 0 aliphatic carbocycles. The van der Waals surface area contributed by atoms with E-state index in [2.05, 4.69) is 5.32 Å². The molecular formula is C19H21F2NO2. The van der Waals surface area contributed by atoms with Crippen molar-refractivity contribution >= 4 is 5.91 Å². The standard InChI is InChI=1S/C19H21F2NO2/c1-19(24,15-7-3-2-4-8-15)13-22-18(23)9-5-6-14-12-16(20)10-11-17(14)21/h2-4,7-8,10-12,24H,5-6,9,13H2,1H3,(H,22,23). The number of nitrogens with one attached hydrogen (secondary N) is 1.